The monoisotopic (exact) mass is 112 g/mol. The van der Waals surface area contributed by atoms with E-state index in [0.29, 0.717) is 5.92 Å². The Hall–Kier alpha value is -0.260. The zero-order valence-electron chi connectivity index (χ0n) is 6.36. The van der Waals surface area contributed by atoms with Crippen molar-refractivity contribution in [2.45, 2.75) is 27.7 Å². The molecule has 0 nitrogen and oxygen atoms in total. The third kappa shape index (κ3) is 2.15. The van der Waals surface area contributed by atoms with Crippen LogP contribution in [0, 0.1) is 11.8 Å². The van der Waals surface area contributed by atoms with Gasteiger partial charge in [0.1, 0.15) is 0 Å². The van der Waals surface area contributed by atoms with Crippen LogP contribution in [-0.4, -0.2) is 0 Å². The molecule has 0 amide bonds. The van der Waals surface area contributed by atoms with Crippen LogP contribution < -0.4 is 0 Å². The molecule has 0 radical (unpaired) electrons. The standard InChI is InChI=1S/C8H16/c1-6(2)8(5)7(3)4/h7-8H,1H2,2-5H3/t8-/m0/s1. The van der Waals surface area contributed by atoms with Gasteiger partial charge in [-0.25, -0.2) is 0 Å². The third-order valence-electron chi connectivity index (χ3n) is 1.78. The first kappa shape index (κ1) is 7.74. The molecular formula is C8H16. The molecule has 0 aromatic rings. The van der Waals surface area contributed by atoms with E-state index in [1.165, 1.54) is 5.57 Å². The molecule has 0 spiro atoms. The summed E-state index contributed by atoms with van der Waals surface area (Å²) in [4.78, 5) is 0. The summed E-state index contributed by atoms with van der Waals surface area (Å²) in [7, 11) is 0. The highest BCUT2D eigenvalue weighted by molar-refractivity contribution is 4.94. The highest BCUT2D eigenvalue weighted by atomic mass is 14.1. The highest BCUT2D eigenvalue weighted by Crippen LogP contribution is 2.16. The Morgan fingerprint density at radius 1 is 1.25 bits per heavy atom. The van der Waals surface area contributed by atoms with Crippen LogP contribution in [0.25, 0.3) is 0 Å². The predicted molar refractivity (Wildman–Crippen MR) is 38.8 cm³/mol. The van der Waals surface area contributed by atoms with Gasteiger partial charge in [0, 0.05) is 0 Å². The second kappa shape index (κ2) is 2.91. The molecule has 48 valence electrons. The minimum Gasteiger partial charge on any atom is -0.0999 e. The van der Waals surface area contributed by atoms with Crippen molar-refractivity contribution >= 4 is 0 Å². The lowest BCUT2D eigenvalue weighted by Gasteiger charge is -2.13. The van der Waals surface area contributed by atoms with Gasteiger partial charge in [-0.05, 0) is 18.8 Å². The Kier molecular flexibility index (Phi) is 2.81. The summed E-state index contributed by atoms with van der Waals surface area (Å²) in [6.07, 6.45) is 0. The fourth-order valence-electron chi connectivity index (χ4n) is 0.569. The van der Waals surface area contributed by atoms with Gasteiger partial charge >= 0.3 is 0 Å². The molecule has 0 N–H and O–H groups in total. The lowest BCUT2D eigenvalue weighted by molar-refractivity contribution is 0.481. The molecule has 0 bridgehead atoms. The van der Waals surface area contributed by atoms with E-state index in [-0.39, 0.29) is 0 Å². The fourth-order valence-corrected chi connectivity index (χ4v) is 0.569. The first-order chi connectivity index (χ1) is 3.55. The van der Waals surface area contributed by atoms with Crippen molar-refractivity contribution in [1.29, 1.82) is 0 Å². The van der Waals surface area contributed by atoms with Crippen LogP contribution in [0.15, 0.2) is 12.2 Å². The van der Waals surface area contributed by atoms with Crippen LogP contribution in [-0.2, 0) is 0 Å². The van der Waals surface area contributed by atoms with Gasteiger partial charge in [0.05, 0.1) is 0 Å². The van der Waals surface area contributed by atoms with Crippen LogP contribution >= 0.6 is 0 Å². The average molecular weight is 112 g/mol. The lowest BCUT2D eigenvalue weighted by Crippen LogP contribution is -2.03. The van der Waals surface area contributed by atoms with Crippen molar-refractivity contribution in [2.75, 3.05) is 0 Å². The maximum atomic E-state index is 3.88. The zero-order valence-corrected chi connectivity index (χ0v) is 6.36. The number of hydrogen-bond acceptors (Lipinski definition) is 0. The molecule has 8 heavy (non-hydrogen) atoms. The molecule has 0 saturated heterocycles. The third-order valence-corrected chi connectivity index (χ3v) is 1.78. The van der Waals surface area contributed by atoms with Crippen molar-refractivity contribution in [3.8, 4) is 0 Å². The molecule has 0 rings (SSSR count). The van der Waals surface area contributed by atoms with Gasteiger partial charge in [-0.1, -0.05) is 32.9 Å². The topological polar surface area (TPSA) is 0 Å². The molecule has 0 aromatic carbocycles. The van der Waals surface area contributed by atoms with Crippen LogP contribution in [0.5, 0.6) is 0 Å². The maximum Gasteiger partial charge on any atom is -0.0214 e. The van der Waals surface area contributed by atoms with Crippen LogP contribution in [0.3, 0.4) is 0 Å². The molecule has 0 aromatic heterocycles. The quantitative estimate of drug-likeness (QED) is 0.482. The Morgan fingerprint density at radius 3 is 1.62 bits per heavy atom. The van der Waals surface area contributed by atoms with E-state index in [1.807, 2.05) is 0 Å². The van der Waals surface area contributed by atoms with Crippen molar-refractivity contribution in [3.05, 3.63) is 12.2 Å². The number of rotatable bonds is 2. The van der Waals surface area contributed by atoms with Gasteiger partial charge in [0.25, 0.3) is 0 Å². The predicted octanol–water partition coefficient (Wildman–Crippen LogP) is 2.85. The van der Waals surface area contributed by atoms with Gasteiger partial charge in [0.15, 0.2) is 0 Å². The van der Waals surface area contributed by atoms with E-state index >= 15 is 0 Å². The first-order valence-electron chi connectivity index (χ1n) is 3.21. The summed E-state index contributed by atoms with van der Waals surface area (Å²) in [6.45, 7) is 12.6. The Morgan fingerprint density at radius 2 is 1.62 bits per heavy atom. The lowest BCUT2D eigenvalue weighted by atomic mass is 9.92. The Balaban J connectivity index is 3.64. The van der Waals surface area contributed by atoms with Crippen LogP contribution in [0.4, 0.5) is 0 Å². The molecule has 0 heterocycles. The molecule has 0 aliphatic heterocycles. The van der Waals surface area contributed by atoms with Crippen molar-refractivity contribution < 1.29 is 0 Å². The van der Waals surface area contributed by atoms with Crippen molar-refractivity contribution in [3.63, 3.8) is 0 Å². The van der Waals surface area contributed by atoms with Gasteiger partial charge in [0.2, 0.25) is 0 Å². The SMILES string of the molecule is C=C(C)[C@H](C)C(C)C. The van der Waals surface area contributed by atoms with Gasteiger partial charge in [-0.15, -0.1) is 0 Å². The highest BCUT2D eigenvalue weighted by Gasteiger charge is 2.05. The first-order valence-corrected chi connectivity index (χ1v) is 3.21. The minimum atomic E-state index is 0.676. The van der Waals surface area contributed by atoms with Crippen LogP contribution in [0.2, 0.25) is 0 Å². The van der Waals surface area contributed by atoms with E-state index < -0.39 is 0 Å². The second-order valence-corrected chi connectivity index (χ2v) is 2.88. The largest absolute Gasteiger partial charge is 0.0999 e. The molecular weight excluding hydrogens is 96.1 g/mol. The summed E-state index contributed by atoms with van der Waals surface area (Å²) in [5.41, 5.74) is 1.29. The van der Waals surface area contributed by atoms with E-state index in [2.05, 4.69) is 34.3 Å². The maximum absolute atomic E-state index is 3.88. The second-order valence-electron chi connectivity index (χ2n) is 2.88. The Bertz CT molecular complexity index is 80.0. The summed E-state index contributed by atoms with van der Waals surface area (Å²) >= 11 is 0. The summed E-state index contributed by atoms with van der Waals surface area (Å²) in [6, 6.07) is 0. The van der Waals surface area contributed by atoms with E-state index in [0.717, 1.165) is 5.92 Å². The summed E-state index contributed by atoms with van der Waals surface area (Å²) in [5.74, 6) is 1.42. The minimum absolute atomic E-state index is 0.676. The molecule has 0 saturated carbocycles. The summed E-state index contributed by atoms with van der Waals surface area (Å²) < 4.78 is 0. The summed E-state index contributed by atoms with van der Waals surface area (Å²) in [5, 5.41) is 0. The van der Waals surface area contributed by atoms with Crippen molar-refractivity contribution in [1.82, 2.24) is 0 Å². The molecule has 0 unspecified atom stereocenters. The molecule has 0 fully saturated rings. The molecule has 0 heteroatoms. The fraction of sp³-hybridized carbons (Fsp3) is 0.750. The number of allylic oxidation sites excluding steroid dienone is 1. The van der Waals surface area contributed by atoms with Crippen molar-refractivity contribution in [2.24, 2.45) is 11.8 Å². The average Bonchev–Trinajstić information content (AvgIpc) is 1.64. The smallest absolute Gasteiger partial charge is 0.0214 e. The zero-order chi connectivity index (χ0) is 6.73. The van der Waals surface area contributed by atoms with E-state index in [4.69, 9.17) is 0 Å². The normalized spacial score (nSPS) is 14.1. The van der Waals surface area contributed by atoms with Gasteiger partial charge < -0.3 is 0 Å². The molecule has 0 aliphatic carbocycles. The van der Waals surface area contributed by atoms with Crippen LogP contribution in [0.1, 0.15) is 27.7 Å². The number of hydrogen-bond donors (Lipinski definition) is 0. The Labute approximate surface area is 52.6 Å². The molecule has 1 atom stereocenters. The van der Waals surface area contributed by atoms with E-state index in [1.54, 1.807) is 0 Å². The van der Waals surface area contributed by atoms with E-state index in [9.17, 15) is 0 Å². The van der Waals surface area contributed by atoms with Gasteiger partial charge in [-0.2, -0.15) is 0 Å². The van der Waals surface area contributed by atoms with Gasteiger partial charge in [-0.3, -0.25) is 0 Å². The molecule has 0 aliphatic rings.